The lowest BCUT2D eigenvalue weighted by Crippen LogP contribution is -2.41. The molecule has 1 radical (unpaired) electrons. The van der Waals surface area contributed by atoms with Crippen LogP contribution in [0.2, 0.25) is 0 Å². The van der Waals surface area contributed by atoms with Crippen LogP contribution in [0.25, 0.3) is 0 Å². The Morgan fingerprint density at radius 3 is 2.48 bits per heavy atom. The average Bonchev–Trinajstić information content (AvgIpc) is 2.66. The number of rotatable bonds is 7. The molecule has 0 spiro atoms. The highest BCUT2D eigenvalue weighted by molar-refractivity contribution is 6.35. The Labute approximate surface area is 147 Å². The van der Waals surface area contributed by atoms with Gasteiger partial charge in [-0.05, 0) is 24.6 Å². The summed E-state index contributed by atoms with van der Waals surface area (Å²) < 4.78 is 12.1. The average molecular weight is 338 g/mol. The Bertz CT molecular complexity index is 774. The van der Waals surface area contributed by atoms with Gasteiger partial charge in [-0.25, -0.2) is 10.7 Å². The summed E-state index contributed by atoms with van der Waals surface area (Å²) >= 11 is 0. The Morgan fingerprint density at radius 2 is 1.88 bits per heavy atom. The Kier molecular flexibility index (Phi) is 6.37. The molecule has 1 heterocycles. The molecule has 0 bridgehead atoms. The monoisotopic (exact) mass is 338 g/mol. The van der Waals surface area contributed by atoms with Gasteiger partial charge in [0.15, 0.2) is 11.5 Å². The summed E-state index contributed by atoms with van der Waals surface area (Å²) in [5.41, 5.74) is 7.05. The molecule has 1 aromatic heterocycles. The molecule has 2 N–H and O–H groups in total. The summed E-state index contributed by atoms with van der Waals surface area (Å²) in [5.74, 6) is 2.92. The molecule has 1 aromatic carbocycles. The highest BCUT2D eigenvalue weighted by Gasteiger charge is 2.13. The van der Waals surface area contributed by atoms with Crippen molar-refractivity contribution in [2.24, 2.45) is 0 Å². The predicted molar refractivity (Wildman–Crippen MR) is 92.0 cm³/mol. The zero-order valence-electron chi connectivity index (χ0n) is 14.3. The molecule has 2 aromatic rings. The van der Waals surface area contributed by atoms with Gasteiger partial charge in [0.05, 0.1) is 19.8 Å². The zero-order chi connectivity index (χ0) is 18.2. The van der Waals surface area contributed by atoms with E-state index >= 15 is 0 Å². The molecule has 7 nitrogen and oxygen atoms in total. The van der Waals surface area contributed by atoms with E-state index < -0.39 is 0 Å². The lowest BCUT2D eigenvalue weighted by Gasteiger charge is -2.17. The van der Waals surface area contributed by atoms with Crippen molar-refractivity contribution in [3.05, 3.63) is 53.9 Å². The number of carbonyl (C=O) groups is 1. The summed E-state index contributed by atoms with van der Waals surface area (Å²) in [6.45, 7) is 1.92. The maximum Gasteiger partial charge on any atom is 0.671 e. The van der Waals surface area contributed by atoms with E-state index in [0.717, 1.165) is 5.56 Å². The normalized spacial score (nSPS) is 11.1. The van der Waals surface area contributed by atoms with Crippen LogP contribution in [0.4, 0.5) is 0 Å². The van der Waals surface area contributed by atoms with Crippen LogP contribution in [-0.2, 0) is 0 Å². The molecule has 1 amide bonds. The first kappa shape index (κ1) is 18.3. The first-order chi connectivity index (χ1) is 12.1. The lowest BCUT2D eigenvalue weighted by atomic mass is 9.98. The van der Waals surface area contributed by atoms with Gasteiger partial charge in [0.25, 0.3) is 5.91 Å². The fraction of sp³-hybridized carbons (Fsp3) is 0.235. The van der Waals surface area contributed by atoms with Gasteiger partial charge in [-0.15, -0.1) is 0 Å². The topological polar surface area (TPSA) is 87.3 Å². The fourth-order valence-corrected chi connectivity index (χ4v) is 2.19. The Balaban J connectivity index is 1.98. The number of nitrogens with zero attached hydrogens (tertiary/aromatic N) is 2. The number of methoxy groups -OCH3 is 2. The minimum Gasteiger partial charge on any atom is -0.493 e. The number of hydrogen-bond acceptors (Lipinski definition) is 5. The maximum absolute atomic E-state index is 12.2. The van der Waals surface area contributed by atoms with Crippen molar-refractivity contribution in [1.82, 2.24) is 10.9 Å². The van der Waals surface area contributed by atoms with Crippen molar-refractivity contribution in [3.63, 3.8) is 0 Å². The van der Waals surface area contributed by atoms with Crippen LogP contribution >= 0.6 is 0 Å². The van der Waals surface area contributed by atoms with E-state index in [-0.39, 0.29) is 11.9 Å². The second-order valence-electron chi connectivity index (χ2n) is 5.23. The second kappa shape index (κ2) is 8.71. The van der Waals surface area contributed by atoms with Crippen LogP contribution in [0.3, 0.4) is 0 Å². The Morgan fingerprint density at radius 1 is 1.20 bits per heavy atom. The predicted octanol–water partition coefficient (Wildman–Crippen LogP) is 0.935. The van der Waals surface area contributed by atoms with Crippen molar-refractivity contribution in [2.45, 2.75) is 13.0 Å². The number of hydrazine groups is 1. The van der Waals surface area contributed by atoms with Gasteiger partial charge in [-0.2, -0.15) is 0 Å². The van der Waals surface area contributed by atoms with Crippen LogP contribution in [0.5, 0.6) is 11.5 Å². The molecule has 0 aliphatic rings. The largest absolute Gasteiger partial charge is 0.671 e. The van der Waals surface area contributed by atoms with Gasteiger partial charge >= 0.3 is 7.41 Å². The molecule has 0 aliphatic carbocycles. The van der Waals surface area contributed by atoms with Gasteiger partial charge in [0, 0.05) is 18.2 Å². The molecule has 1 unspecified atom stereocenters. The summed E-state index contributed by atoms with van der Waals surface area (Å²) in [6, 6.07) is 8.69. The highest BCUT2D eigenvalue weighted by atomic mass is 16.5. The minimum atomic E-state index is -0.267. The number of pyridine rings is 1. The number of hydrogen-bond donors (Lipinski definition) is 2. The highest BCUT2D eigenvalue weighted by Crippen LogP contribution is 2.29. The van der Waals surface area contributed by atoms with E-state index in [1.165, 1.54) is 7.41 Å². The summed E-state index contributed by atoms with van der Waals surface area (Å²) in [5, 5.41) is 8.59. The SMILES string of the molecule is COc1ccc(C(C)NNC(=O)c2cc[n+]([B]C#N)cc2)cc1OC. The summed E-state index contributed by atoms with van der Waals surface area (Å²) in [4.78, 5) is 12.2. The second-order valence-corrected chi connectivity index (χ2v) is 5.23. The van der Waals surface area contributed by atoms with Crippen LogP contribution < -0.4 is 24.8 Å². The molecular weight excluding hydrogens is 319 g/mol. The molecule has 2 rings (SSSR count). The van der Waals surface area contributed by atoms with Crippen LogP contribution in [-0.4, -0.2) is 27.5 Å². The van der Waals surface area contributed by atoms with Crippen LogP contribution in [0, 0.1) is 11.2 Å². The van der Waals surface area contributed by atoms with Crippen molar-refractivity contribution in [2.75, 3.05) is 14.2 Å². The first-order valence-corrected chi connectivity index (χ1v) is 7.60. The smallest absolute Gasteiger partial charge is 0.493 e. The quantitative estimate of drug-likeness (QED) is 0.579. The number of nitrogens with one attached hydrogen (secondary N) is 2. The van der Waals surface area contributed by atoms with E-state index in [1.54, 1.807) is 43.2 Å². The van der Waals surface area contributed by atoms with E-state index in [4.69, 9.17) is 14.7 Å². The van der Waals surface area contributed by atoms with Crippen molar-refractivity contribution in [3.8, 4) is 17.5 Å². The third kappa shape index (κ3) is 4.72. The van der Waals surface area contributed by atoms with E-state index in [0.29, 0.717) is 17.1 Å². The van der Waals surface area contributed by atoms with E-state index in [2.05, 4.69) is 10.9 Å². The van der Waals surface area contributed by atoms with Crippen LogP contribution in [0.1, 0.15) is 28.9 Å². The van der Waals surface area contributed by atoms with E-state index in [9.17, 15) is 4.79 Å². The van der Waals surface area contributed by atoms with Gasteiger partial charge < -0.3 is 9.47 Å². The number of ether oxygens (including phenoxy) is 2. The van der Waals surface area contributed by atoms with Gasteiger partial charge in [-0.3, -0.25) is 14.7 Å². The minimum absolute atomic E-state index is 0.135. The first-order valence-electron chi connectivity index (χ1n) is 7.60. The molecule has 0 aliphatic heterocycles. The molecule has 0 fully saturated rings. The number of benzene rings is 1. The molecule has 1 atom stereocenters. The Hall–Kier alpha value is -3.05. The third-order valence-electron chi connectivity index (χ3n) is 3.63. The molecule has 0 saturated carbocycles. The van der Waals surface area contributed by atoms with Crippen molar-refractivity contribution >= 4 is 13.3 Å². The number of amides is 1. The number of nitriles is 1. The molecule has 25 heavy (non-hydrogen) atoms. The lowest BCUT2D eigenvalue weighted by molar-refractivity contribution is -0.527. The van der Waals surface area contributed by atoms with Crippen molar-refractivity contribution < 1.29 is 18.7 Å². The third-order valence-corrected chi connectivity index (χ3v) is 3.63. The number of carbonyl (C=O) groups excluding carboxylic acids is 1. The molecule has 127 valence electrons. The van der Waals surface area contributed by atoms with Crippen LogP contribution in [0.15, 0.2) is 42.7 Å². The molecule has 8 heteroatoms. The maximum atomic E-state index is 12.2. The van der Waals surface area contributed by atoms with Gasteiger partial charge in [-0.1, -0.05) is 6.07 Å². The summed E-state index contributed by atoms with van der Waals surface area (Å²) in [6.07, 6.45) is 3.27. The van der Waals surface area contributed by atoms with E-state index in [1.807, 2.05) is 31.1 Å². The summed E-state index contributed by atoms with van der Waals surface area (Å²) in [7, 11) is 4.49. The fourth-order valence-electron chi connectivity index (χ4n) is 2.19. The standard InChI is InChI=1S/C17H19BN4O3/c1-12(14-4-5-15(24-2)16(10-14)25-3)20-21-17(23)13-6-8-22(9-7-13)18-11-19/h4-10,12,20H,1-3H3,(H,21,23)/q+1. The van der Waals surface area contributed by atoms with Gasteiger partial charge in [0.1, 0.15) is 18.4 Å². The zero-order valence-corrected chi connectivity index (χ0v) is 14.3. The van der Waals surface area contributed by atoms with Crippen molar-refractivity contribution in [1.29, 1.82) is 5.26 Å². The number of aromatic nitrogens is 1. The molecular formula is C17H19BN4O3+. The molecule has 0 saturated heterocycles. The van der Waals surface area contributed by atoms with Gasteiger partial charge in [0.2, 0.25) is 0 Å².